The smallest absolute Gasteiger partial charge is 0.200 e. The predicted octanol–water partition coefficient (Wildman–Crippen LogP) is 0.255. The highest BCUT2D eigenvalue weighted by molar-refractivity contribution is 5.85. The fraction of sp³-hybridized carbons (Fsp3) is 0.667. The number of halogens is 1. The van der Waals surface area contributed by atoms with Crippen molar-refractivity contribution in [2.75, 3.05) is 13.1 Å². The highest BCUT2D eigenvalue weighted by Crippen LogP contribution is 2.36. The zero-order valence-electron chi connectivity index (χ0n) is 8.55. The Labute approximate surface area is 94.3 Å². The first-order valence-electron chi connectivity index (χ1n) is 4.99. The minimum atomic E-state index is 0. The molecule has 1 saturated heterocycles. The fourth-order valence-electron chi connectivity index (χ4n) is 2.36. The molecule has 3 rings (SSSR count). The van der Waals surface area contributed by atoms with Crippen LogP contribution < -0.4 is 5.32 Å². The van der Waals surface area contributed by atoms with Gasteiger partial charge in [-0.3, -0.25) is 0 Å². The summed E-state index contributed by atoms with van der Waals surface area (Å²) in [6.45, 7) is 2.24. The zero-order valence-corrected chi connectivity index (χ0v) is 9.37. The van der Waals surface area contributed by atoms with E-state index in [0.29, 0.717) is 5.92 Å². The Morgan fingerprint density at radius 2 is 2.33 bits per heavy atom. The van der Waals surface area contributed by atoms with Gasteiger partial charge in [0.15, 0.2) is 0 Å². The predicted molar refractivity (Wildman–Crippen MR) is 58.5 cm³/mol. The molecule has 1 aliphatic carbocycles. The van der Waals surface area contributed by atoms with Crippen molar-refractivity contribution in [3.8, 4) is 0 Å². The van der Waals surface area contributed by atoms with Crippen LogP contribution in [0.4, 0.5) is 0 Å². The molecule has 2 heterocycles. The van der Waals surface area contributed by atoms with Gasteiger partial charge in [0.1, 0.15) is 0 Å². The van der Waals surface area contributed by atoms with Crippen LogP contribution in [-0.4, -0.2) is 33.3 Å². The van der Waals surface area contributed by atoms with Gasteiger partial charge >= 0.3 is 0 Å². The molecule has 0 amide bonds. The summed E-state index contributed by atoms with van der Waals surface area (Å²) < 4.78 is 0. The van der Waals surface area contributed by atoms with E-state index in [1.165, 1.54) is 10.4 Å². The molecule has 0 spiro atoms. The molecule has 1 aliphatic heterocycles. The Morgan fingerprint density at radius 3 is 3.00 bits per heavy atom. The Bertz CT molecular complexity index is 386. The standard InChI is InChI=1S/C9H13N5.ClH/c1-14-12-9(11-13-14)6-2-7-4-10-5-8(7)3-6;/h2,7-8,10H,3-5H2,1H3;1H/t7-,8+;/m1./s1. The first-order valence-corrected chi connectivity index (χ1v) is 4.99. The van der Waals surface area contributed by atoms with Crippen LogP contribution in [-0.2, 0) is 7.05 Å². The number of nitrogens with one attached hydrogen (secondary N) is 1. The number of rotatable bonds is 1. The summed E-state index contributed by atoms with van der Waals surface area (Å²) in [6, 6.07) is 0. The third-order valence-corrected chi connectivity index (χ3v) is 3.08. The van der Waals surface area contributed by atoms with E-state index in [2.05, 4.69) is 26.8 Å². The van der Waals surface area contributed by atoms with E-state index in [-0.39, 0.29) is 12.4 Å². The van der Waals surface area contributed by atoms with Crippen molar-refractivity contribution in [1.29, 1.82) is 0 Å². The molecule has 1 aromatic rings. The van der Waals surface area contributed by atoms with Gasteiger partial charge in [-0.1, -0.05) is 6.08 Å². The molecule has 1 fully saturated rings. The SMILES string of the molecule is Cl.Cn1nnc(C2=C[C@@H]3CNC[C@@H]3C2)n1. The summed E-state index contributed by atoms with van der Waals surface area (Å²) in [6.07, 6.45) is 3.41. The second-order valence-corrected chi connectivity index (χ2v) is 4.08. The van der Waals surface area contributed by atoms with Gasteiger partial charge in [0.05, 0.1) is 7.05 Å². The molecule has 0 unspecified atom stereocenters. The number of allylic oxidation sites excluding steroid dienone is 1. The first-order chi connectivity index (χ1) is 6.83. The molecule has 1 N–H and O–H groups in total. The van der Waals surface area contributed by atoms with E-state index in [4.69, 9.17) is 0 Å². The molecular formula is C9H14ClN5. The van der Waals surface area contributed by atoms with E-state index in [1.807, 2.05) is 0 Å². The molecule has 0 saturated carbocycles. The van der Waals surface area contributed by atoms with E-state index in [1.54, 1.807) is 7.05 Å². The maximum absolute atomic E-state index is 4.23. The number of fused-ring (bicyclic) bond motifs is 1. The van der Waals surface area contributed by atoms with E-state index >= 15 is 0 Å². The van der Waals surface area contributed by atoms with Crippen LogP contribution in [0.2, 0.25) is 0 Å². The molecule has 0 radical (unpaired) electrons. The van der Waals surface area contributed by atoms with Crippen LogP contribution in [0.15, 0.2) is 6.08 Å². The van der Waals surface area contributed by atoms with Crippen LogP contribution in [0.25, 0.3) is 5.57 Å². The molecule has 0 aromatic carbocycles. The van der Waals surface area contributed by atoms with Gasteiger partial charge in [0.25, 0.3) is 0 Å². The van der Waals surface area contributed by atoms with E-state index < -0.39 is 0 Å². The minimum absolute atomic E-state index is 0. The quantitative estimate of drug-likeness (QED) is 0.748. The Morgan fingerprint density at radius 1 is 1.47 bits per heavy atom. The number of tetrazole rings is 1. The third kappa shape index (κ3) is 1.77. The summed E-state index contributed by atoms with van der Waals surface area (Å²) in [5.74, 6) is 2.25. The number of nitrogens with zero attached hydrogens (tertiary/aromatic N) is 4. The molecule has 82 valence electrons. The molecule has 1 aromatic heterocycles. The van der Waals surface area contributed by atoms with Crippen molar-refractivity contribution in [1.82, 2.24) is 25.5 Å². The number of aromatic nitrogens is 4. The fourth-order valence-corrected chi connectivity index (χ4v) is 2.36. The van der Waals surface area contributed by atoms with Gasteiger partial charge in [-0.25, -0.2) is 0 Å². The Balaban J connectivity index is 0.000000853. The van der Waals surface area contributed by atoms with Crippen molar-refractivity contribution in [2.45, 2.75) is 6.42 Å². The van der Waals surface area contributed by atoms with Crippen molar-refractivity contribution in [3.63, 3.8) is 0 Å². The first kappa shape index (κ1) is 10.6. The van der Waals surface area contributed by atoms with Gasteiger partial charge in [0, 0.05) is 6.54 Å². The lowest BCUT2D eigenvalue weighted by Gasteiger charge is -2.03. The van der Waals surface area contributed by atoms with Gasteiger partial charge in [-0.05, 0) is 35.6 Å². The topological polar surface area (TPSA) is 55.6 Å². The minimum Gasteiger partial charge on any atom is -0.316 e. The summed E-state index contributed by atoms with van der Waals surface area (Å²) in [4.78, 5) is 1.52. The normalized spacial score (nSPS) is 28.5. The largest absolute Gasteiger partial charge is 0.316 e. The summed E-state index contributed by atoms with van der Waals surface area (Å²) >= 11 is 0. The zero-order chi connectivity index (χ0) is 9.54. The van der Waals surface area contributed by atoms with Gasteiger partial charge < -0.3 is 5.32 Å². The summed E-state index contributed by atoms with van der Waals surface area (Å²) in [5.41, 5.74) is 1.27. The molecule has 0 bridgehead atoms. The van der Waals surface area contributed by atoms with Crippen molar-refractivity contribution >= 4 is 18.0 Å². The highest BCUT2D eigenvalue weighted by atomic mass is 35.5. The van der Waals surface area contributed by atoms with Crippen LogP contribution in [0, 0.1) is 11.8 Å². The molecule has 5 nitrogen and oxygen atoms in total. The van der Waals surface area contributed by atoms with Gasteiger partial charge in [-0.2, -0.15) is 4.80 Å². The maximum Gasteiger partial charge on any atom is 0.200 e. The second-order valence-electron chi connectivity index (χ2n) is 4.08. The van der Waals surface area contributed by atoms with Crippen LogP contribution in [0.1, 0.15) is 12.2 Å². The van der Waals surface area contributed by atoms with Crippen LogP contribution in [0.5, 0.6) is 0 Å². The van der Waals surface area contributed by atoms with E-state index in [9.17, 15) is 0 Å². The van der Waals surface area contributed by atoms with Crippen LogP contribution in [0.3, 0.4) is 0 Å². The average Bonchev–Trinajstić information content (AvgIpc) is 2.75. The molecule has 2 atom stereocenters. The highest BCUT2D eigenvalue weighted by Gasteiger charge is 2.33. The van der Waals surface area contributed by atoms with Gasteiger partial charge in [0.2, 0.25) is 5.82 Å². The lowest BCUT2D eigenvalue weighted by Crippen LogP contribution is -2.09. The lowest BCUT2D eigenvalue weighted by atomic mass is 10.00. The van der Waals surface area contributed by atoms with E-state index in [0.717, 1.165) is 31.3 Å². The number of hydrogen-bond acceptors (Lipinski definition) is 4. The number of aryl methyl sites for hydroxylation is 1. The maximum atomic E-state index is 4.23. The Hall–Kier alpha value is -0.940. The molecule has 15 heavy (non-hydrogen) atoms. The van der Waals surface area contributed by atoms with Crippen molar-refractivity contribution in [3.05, 3.63) is 11.9 Å². The summed E-state index contributed by atoms with van der Waals surface area (Å²) in [7, 11) is 1.80. The average molecular weight is 228 g/mol. The molecule has 2 aliphatic rings. The number of hydrogen-bond donors (Lipinski definition) is 1. The lowest BCUT2D eigenvalue weighted by molar-refractivity contribution is 0.536. The van der Waals surface area contributed by atoms with Gasteiger partial charge in [-0.15, -0.1) is 22.6 Å². The Kier molecular flexibility index (Phi) is 2.75. The molecular weight excluding hydrogens is 214 g/mol. The third-order valence-electron chi connectivity index (χ3n) is 3.08. The molecule has 6 heteroatoms. The monoisotopic (exact) mass is 227 g/mol. The summed E-state index contributed by atoms with van der Waals surface area (Å²) in [5, 5.41) is 15.5. The van der Waals surface area contributed by atoms with Crippen molar-refractivity contribution in [2.24, 2.45) is 18.9 Å². The van der Waals surface area contributed by atoms with Crippen molar-refractivity contribution < 1.29 is 0 Å². The second kappa shape index (κ2) is 3.90. The van der Waals surface area contributed by atoms with Crippen LogP contribution >= 0.6 is 12.4 Å².